The molecule has 0 saturated carbocycles. The summed E-state index contributed by atoms with van der Waals surface area (Å²) >= 11 is 0. The molecule has 0 saturated heterocycles. The molecule has 0 aromatic heterocycles. The van der Waals surface area contributed by atoms with Gasteiger partial charge in [0, 0.05) is 5.92 Å². The van der Waals surface area contributed by atoms with E-state index in [9.17, 15) is 0 Å². The fourth-order valence-corrected chi connectivity index (χ4v) is 1.05. The molecule has 0 aromatic rings. The molecular weight excluding hydrogens is 136 g/mol. The Kier molecular flexibility index (Phi) is 2.75. The summed E-state index contributed by atoms with van der Waals surface area (Å²) in [6.07, 6.45) is 5.57. The molecule has 0 bridgehead atoms. The van der Waals surface area contributed by atoms with Crippen LogP contribution in [0.5, 0.6) is 0 Å². The van der Waals surface area contributed by atoms with Gasteiger partial charge in [0.25, 0.3) is 0 Å². The standard InChI is InChI=1S/C10H16O/c1-4-10-6-5-8(2)9(3)11-7-10/h5-6,10H,4,7H2,1-3H3. The van der Waals surface area contributed by atoms with Crippen LogP contribution in [0.3, 0.4) is 0 Å². The minimum atomic E-state index is 0.599. The Bertz CT molecular complexity index is 189. The van der Waals surface area contributed by atoms with Gasteiger partial charge in [0.15, 0.2) is 0 Å². The number of hydrogen-bond acceptors (Lipinski definition) is 1. The van der Waals surface area contributed by atoms with E-state index in [1.807, 2.05) is 6.92 Å². The molecule has 1 rings (SSSR count). The molecular formula is C10H16O. The highest BCUT2D eigenvalue weighted by Gasteiger charge is 2.07. The van der Waals surface area contributed by atoms with Gasteiger partial charge in [-0.25, -0.2) is 0 Å². The van der Waals surface area contributed by atoms with Crippen LogP contribution >= 0.6 is 0 Å². The van der Waals surface area contributed by atoms with Crippen LogP contribution in [0.25, 0.3) is 0 Å². The zero-order valence-electron chi connectivity index (χ0n) is 7.55. The Balaban J connectivity index is 2.65. The van der Waals surface area contributed by atoms with Crippen LogP contribution in [0.1, 0.15) is 27.2 Å². The first-order valence-electron chi connectivity index (χ1n) is 4.22. The predicted molar refractivity (Wildman–Crippen MR) is 47.2 cm³/mol. The Hall–Kier alpha value is -0.720. The number of hydrogen-bond donors (Lipinski definition) is 0. The van der Waals surface area contributed by atoms with Gasteiger partial charge in [-0.3, -0.25) is 0 Å². The van der Waals surface area contributed by atoms with E-state index in [2.05, 4.69) is 26.0 Å². The van der Waals surface area contributed by atoms with Gasteiger partial charge < -0.3 is 4.74 Å². The van der Waals surface area contributed by atoms with E-state index in [1.165, 1.54) is 5.57 Å². The molecule has 0 radical (unpaired) electrons. The SMILES string of the molecule is CCC1C=CC(C)=C(C)OC1. The van der Waals surface area contributed by atoms with Gasteiger partial charge in [-0.2, -0.15) is 0 Å². The Labute approximate surface area is 68.8 Å². The van der Waals surface area contributed by atoms with Crippen LogP contribution in [0.2, 0.25) is 0 Å². The molecule has 0 amide bonds. The zero-order chi connectivity index (χ0) is 8.27. The Morgan fingerprint density at radius 1 is 1.55 bits per heavy atom. The van der Waals surface area contributed by atoms with Gasteiger partial charge >= 0.3 is 0 Å². The molecule has 62 valence electrons. The minimum Gasteiger partial charge on any atom is -0.497 e. The lowest BCUT2D eigenvalue weighted by Gasteiger charge is -2.09. The molecule has 1 aliphatic heterocycles. The van der Waals surface area contributed by atoms with Crippen LogP contribution in [0.15, 0.2) is 23.5 Å². The van der Waals surface area contributed by atoms with E-state index in [4.69, 9.17) is 4.74 Å². The van der Waals surface area contributed by atoms with Crippen molar-refractivity contribution in [2.24, 2.45) is 5.92 Å². The van der Waals surface area contributed by atoms with Crippen LogP contribution in [0, 0.1) is 5.92 Å². The van der Waals surface area contributed by atoms with Crippen LogP contribution in [0.4, 0.5) is 0 Å². The first kappa shape index (κ1) is 8.38. The van der Waals surface area contributed by atoms with Crippen molar-refractivity contribution in [1.82, 2.24) is 0 Å². The first-order chi connectivity index (χ1) is 5.24. The van der Waals surface area contributed by atoms with Gasteiger partial charge in [0.05, 0.1) is 12.4 Å². The summed E-state index contributed by atoms with van der Waals surface area (Å²) < 4.78 is 5.54. The van der Waals surface area contributed by atoms with Crippen molar-refractivity contribution in [1.29, 1.82) is 0 Å². The summed E-state index contributed by atoms with van der Waals surface area (Å²) in [4.78, 5) is 0. The predicted octanol–water partition coefficient (Wildman–Crippen LogP) is 2.89. The minimum absolute atomic E-state index is 0.599. The monoisotopic (exact) mass is 152 g/mol. The lowest BCUT2D eigenvalue weighted by atomic mass is 10.1. The van der Waals surface area contributed by atoms with Gasteiger partial charge in [0.1, 0.15) is 0 Å². The average Bonchev–Trinajstić information content (AvgIpc) is 2.16. The largest absolute Gasteiger partial charge is 0.497 e. The van der Waals surface area contributed by atoms with Crippen LogP contribution in [-0.4, -0.2) is 6.61 Å². The fraction of sp³-hybridized carbons (Fsp3) is 0.600. The third-order valence-corrected chi connectivity index (χ3v) is 2.21. The molecule has 1 atom stereocenters. The summed E-state index contributed by atoms with van der Waals surface area (Å²) in [6, 6.07) is 0. The van der Waals surface area contributed by atoms with E-state index in [-0.39, 0.29) is 0 Å². The zero-order valence-corrected chi connectivity index (χ0v) is 7.55. The molecule has 1 nitrogen and oxygen atoms in total. The second-order valence-electron chi connectivity index (χ2n) is 3.08. The van der Waals surface area contributed by atoms with Crippen molar-refractivity contribution in [3.63, 3.8) is 0 Å². The maximum absolute atomic E-state index is 5.54. The van der Waals surface area contributed by atoms with Crippen molar-refractivity contribution >= 4 is 0 Å². The molecule has 1 unspecified atom stereocenters. The second kappa shape index (κ2) is 3.61. The number of allylic oxidation sites excluding steroid dienone is 3. The van der Waals surface area contributed by atoms with Gasteiger partial charge in [0.2, 0.25) is 0 Å². The molecule has 0 aromatic carbocycles. The molecule has 0 aliphatic carbocycles. The molecule has 11 heavy (non-hydrogen) atoms. The third-order valence-electron chi connectivity index (χ3n) is 2.21. The maximum atomic E-state index is 5.54. The maximum Gasteiger partial charge on any atom is 0.0958 e. The average molecular weight is 152 g/mol. The topological polar surface area (TPSA) is 9.23 Å². The number of rotatable bonds is 1. The Morgan fingerprint density at radius 2 is 2.27 bits per heavy atom. The van der Waals surface area contributed by atoms with Crippen molar-refractivity contribution < 1.29 is 4.74 Å². The molecule has 1 heterocycles. The van der Waals surface area contributed by atoms with E-state index in [0.29, 0.717) is 5.92 Å². The lowest BCUT2D eigenvalue weighted by molar-refractivity contribution is 0.183. The van der Waals surface area contributed by atoms with Crippen molar-refractivity contribution in [2.45, 2.75) is 27.2 Å². The summed E-state index contributed by atoms with van der Waals surface area (Å²) in [5, 5.41) is 0. The Morgan fingerprint density at radius 3 is 2.91 bits per heavy atom. The fourth-order valence-electron chi connectivity index (χ4n) is 1.05. The van der Waals surface area contributed by atoms with Gasteiger partial charge in [-0.15, -0.1) is 0 Å². The molecule has 0 N–H and O–H groups in total. The molecule has 0 fully saturated rings. The number of ether oxygens (including phenoxy) is 1. The molecule has 0 spiro atoms. The highest BCUT2D eigenvalue weighted by molar-refractivity contribution is 5.21. The second-order valence-corrected chi connectivity index (χ2v) is 3.08. The van der Waals surface area contributed by atoms with E-state index < -0.39 is 0 Å². The summed E-state index contributed by atoms with van der Waals surface area (Å²) in [5.74, 6) is 1.67. The highest BCUT2D eigenvalue weighted by Crippen LogP contribution is 2.16. The highest BCUT2D eigenvalue weighted by atomic mass is 16.5. The normalized spacial score (nSPS) is 24.8. The van der Waals surface area contributed by atoms with Gasteiger partial charge in [-0.05, 0) is 25.8 Å². The molecule has 1 heteroatoms. The van der Waals surface area contributed by atoms with Crippen LogP contribution in [-0.2, 0) is 4.74 Å². The van der Waals surface area contributed by atoms with Crippen molar-refractivity contribution in [3.8, 4) is 0 Å². The van der Waals surface area contributed by atoms with E-state index >= 15 is 0 Å². The molecule has 1 aliphatic rings. The summed E-state index contributed by atoms with van der Waals surface area (Å²) in [7, 11) is 0. The van der Waals surface area contributed by atoms with Crippen molar-refractivity contribution in [2.75, 3.05) is 6.61 Å². The van der Waals surface area contributed by atoms with E-state index in [1.54, 1.807) is 0 Å². The van der Waals surface area contributed by atoms with Crippen LogP contribution < -0.4 is 0 Å². The lowest BCUT2D eigenvalue weighted by Crippen LogP contribution is -2.02. The van der Waals surface area contributed by atoms with Gasteiger partial charge in [-0.1, -0.05) is 19.1 Å². The third kappa shape index (κ3) is 2.11. The summed E-state index contributed by atoms with van der Waals surface area (Å²) in [5.41, 5.74) is 1.25. The van der Waals surface area contributed by atoms with E-state index in [0.717, 1.165) is 18.8 Å². The first-order valence-corrected chi connectivity index (χ1v) is 4.22. The quantitative estimate of drug-likeness (QED) is 0.561. The van der Waals surface area contributed by atoms with Crippen molar-refractivity contribution in [3.05, 3.63) is 23.5 Å². The summed E-state index contributed by atoms with van der Waals surface area (Å²) in [6.45, 7) is 7.14. The smallest absolute Gasteiger partial charge is 0.0958 e.